The predicted octanol–water partition coefficient (Wildman–Crippen LogP) is 12.1. The zero-order chi connectivity index (χ0) is 34.8. The van der Waals surface area contributed by atoms with Gasteiger partial charge in [-0.15, -0.1) is 0 Å². The maximum atomic E-state index is 13.3. The molecule has 1 amide bonds. The summed E-state index contributed by atoms with van der Waals surface area (Å²) in [7, 11) is 4.25. The molecule has 0 bridgehead atoms. The van der Waals surface area contributed by atoms with Crippen molar-refractivity contribution in [2.24, 2.45) is 0 Å². The third kappa shape index (κ3) is 27.2. The van der Waals surface area contributed by atoms with Gasteiger partial charge in [0.1, 0.15) is 6.04 Å². The largest absolute Gasteiger partial charge is 0.352 e. The fourth-order valence-electron chi connectivity index (χ4n) is 6.64. The second-order valence-corrected chi connectivity index (χ2v) is 14.7. The molecule has 4 nitrogen and oxygen atoms in total. The second kappa shape index (κ2) is 33.8. The highest BCUT2D eigenvalue weighted by Gasteiger charge is 2.29. The number of hydrogen-bond acceptors (Lipinski definition) is 3. The third-order valence-electron chi connectivity index (χ3n) is 10.0. The normalized spacial score (nSPS) is 17.1. The summed E-state index contributed by atoms with van der Waals surface area (Å²) in [5, 5.41) is 3.51. The first-order valence-corrected chi connectivity index (χ1v) is 20.9. The zero-order valence-corrected chi connectivity index (χ0v) is 32.6. The molecular formula is C44H81N3O. The van der Waals surface area contributed by atoms with E-state index in [0.717, 1.165) is 45.3 Å². The van der Waals surface area contributed by atoms with E-state index in [2.05, 4.69) is 91.7 Å². The van der Waals surface area contributed by atoms with Gasteiger partial charge in [0.25, 0.3) is 0 Å². The first kappa shape index (κ1) is 44.4. The van der Waals surface area contributed by atoms with E-state index in [1.807, 2.05) is 0 Å². The minimum Gasteiger partial charge on any atom is -0.352 e. The van der Waals surface area contributed by atoms with Crippen LogP contribution in [0.4, 0.5) is 0 Å². The van der Waals surface area contributed by atoms with Crippen molar-refractivity contribution >= 4 is 5.91 Å². The number of piperazine rings is 1. The van der Waals surface area contributed by atoms with E-state index in [1.54, 1.807) is 0 Å². The topological polar surface area (TPSA) is 35.6 Å². The summed E-state index contributed by atoms with van der Waals surface area (Å²) >= 11 is 0. The molecule has 0 aromatic heterocycles. The molecule has 0 aliphatic carbocycles. The van der Waals surface area contributed by atoms with Crippen molar-refractivity contribution in [2.45, 2.75) is 193 Å². The van der Waals surface area contributed by atoms with Crippen LogP contribution in [0.3, 0.4) is 0 Å². The van der Waals surface area contributed by atoms with Crippen molar-refractivity contribution in [3.05, 3.63) is 48.6 Å². The quantitative estimate of drug-likeness (QED) is 0.0573. The van der Waals surface area contributed by atoms with Gasteiger partial charge in [-0.2, -0.15) is 0 Å². The van der Waals surface area contributed by atoms with Crippen LogP contribution in [0.15, 0.2) is 48.6 Å². The molecule has 1 unspecified atom stereocenters. The molecule has 0 radical (unpaired) electrons. The minimum absolute atomic E-state index is 0.0158. The Morgan fingerprint density at radius 1 is 0.562 bits per heavy atom. The van der Waals surface area contributed by atoms with Crippen LogP contribution in [-0.4, -0.2) is 61.5 Å². The summed E-state index contributed by atoms with van der Waals surface area (Å²) in [6.45, 7) is 7.38. The van der Waals surface area contributed by atoms with Gasteiger partial charge in [0.05, 0.1) is 0 Å². The standard InChI is InChI=1S/C44H81N3O/c1-5-7-9-11-13-15-17-19-21-23-25-27-29-31-33-35-37-42(45-44(48)43-41-46(3)39-40-47(43)4)38-36-34-32-30-28-26-24-22-20-18-16-14-12-10-8-6-2/h13-16,19-22,42-43H,5-12,17-18,23-41H2,1-4H3,(H,45,48). The molecule has 0 aromatic rings. The summed E-state index contributed by atoms with van der Waals surface area (Å²) < 4.78 is 0. The molecule has 278 valence electrons. The highest BCUT2D eigenvalue weighted by molar-refractivity contribution is 5.82. The maximum Gasteiger partial charge on any atom is 0.238 e. The number of carbonyl (C=O) groups is 1. The number of allylic oxidation sites excluding steroid dienone is 8. The SMILES string of the molecule is CCCCCC=CCC=CCCCCCCCCC(CCCCCCCCC=CCC=CCCCCC)NC(=O)C1CN(C)CCN1C. The van der Waals surface area contributed by atoms with Crippen molar-refractivity contribution in [1.82, 2.24) is 15.1 Å². The number of amides is 1. The first-order chi connectivity index (χ1) is 23.6. The number of rotatable bonds is 32. The molecule has 1 atom stereocenters. The van der Waals surface area contributed by atoms with E-state index in [0.29, 0.717) is 6.04 Å². The highest BCUT2D eigenvalue weighted by Crippen LogP contribution is 2.17. The molecule has 1 heterocycles. The van der Waals surface area contributed by atoms with E-state index >= 15 is 0 Å². The van der Waals surface area contributed by atoms with Crippen molar-refractivity contribution in [3.63, 3.8) is 0 Å². The van der Waals surface area contributed by atoms with Crippen molar-refractivity contribution in [1.29, 1.82) is 0 Å². The fourth-order valence-corrected chi connectivity index (χ4v) is 6.64. The molecule has 1 rings (SSSR count). The summed E-state index contributed by atoms with van der Waals surface area (Å²) in [6, 6.07) is 0.313. The molecule has 1 saturated heterocycles. The highest BCUT2D eigenvalue weighted by atomic mass is 16.2. The van der Waals surface area contributed by atoms with Crippen molar-refractivity contribution in [3.8, 4) is 0 Å². The van der Waals surface area contributed by atoms with Gasteiger partial charge in [-0.05, 0) is 91.1 Å². The van der Waals surface area contributed by atoms with E-state index in [4.69, 9.17) is 0 Å². The lowest BCUT2D eigenvalue weighted by Gasteiger charge is -2.37. The Kier molecular flexibility index (Phi) is 31.3. The fraction of sp³-hybridized carbons (Fsp3) is 0.795. The van der Waals surface area contributed by atoms with E-state index in [-0.39, 0.29) is 11.9 Å². The predicted molar refractivity (Wildman–Crippen MR) is 214 cm³/mol. The summed E-state index contributed by atoms with van der Waals surface area (Å²) in [6.07, 6.45) is 51.8. The van der Waals surface area contributed by atoms with Gasteiger partial charge < -0.3 is 10.2 Å². The number of unbranched alkanes of at least 4 members (excludes halogenated alkanes) is 18. The number of likely N-dealkylation sites (N-methyl/N-ethyl adjacent to an activating group) is 2. The second-order valence-electron chi connectivity index (χ2n) is 14.7. The van der Waals surface area contributed by atoms with Crippen LogP contribution in [-0.2, 0) is 4.79 Å². The van der Waals surface area contributed by atoms with Gasteiger partial charge in [0.2, 0.25) is 5.91 Å². The monoisotopic (exact) mass is 668 g/mol. The first-order valence-electron chi connectivity index (χ1n) is 20.9. The van der Waals surface area contributed by atoms with Crippen molar-refractivity contribution in [2.75, 3.05) is 33.7 Å². The van der Waals surface area contributed by atoms with Crippen LogP contribution < -0.4 is 5.32 Å². The van der Waals surface area contributed by atoms with Gasteiger partial charge in [0.15, 0.2) is 0 Å². The van der Waals surface area contributed by atoms with Crippen LogP contribution in [0, 0.1) is 0 Å². The molecule has 0 saturated carbocycles. The van der Waals surface area contributed by atoms with Crippen molar-refractivity contribution < 1.29 is 4.79 Å². The zero-order valence-electron chi connectivity index (χ0n) is 32.6. The summed E-state index contributed by atoms with van der Waals surface area (Å²) in [5.41, 5.74) is 0. The van der Waals surface area contributed by atoms with Crippen LogP contribution in [0.2, 0.25) is 0 Å². The van der Waals surface area contributed by atoms with E-state index in [1.165, 1.54) is 141 Å². The van der Waals surface area contributed by atoms with Crippen LogP contribution in [0.25, 0.3) is 0 Å². The maximum absolute atomic E-state index is 13.3. The molecule has 1 aliphatic rings. The van der Waals surface area contributed by atoms with E-state index in [9.17, 15) is 4.79 Å². The average Bonchev–Trinajstić information content (AvgIpc) is 3.08. The lowest BCUT2D eigenvalue weighted by atomic mass is 9.99. The number of carbonyl (C=O) groups excluding carboxylic acids is 1. The number of nitrogens with one attached hydrogen (secondary N) is 1. The Morgan fingerprint density at radius 2 is 0.958 bits per heavy atom. The Morgan fingerprint density at radius 3 is 1.40 bits per heavy atom. The molecule has 1 aliphatic heterocycles. The molecule has 1 fully saturated rings. The molecule has 1 N–H and O–H groups in total. The van der Waals surface area contributed by atoms with Gasteiger partial charge in [-0.25, -0.2) is 0 Å². The van der Waals surface area contributed by atoms with Gasteiger partial charge in [-0.3, -0.25) is 9.69 Å². The molecule has 4 heteroatoms. The Labute approximate surface area is 300 Å². The Bertz CT molecular complexity index is 783. The molecule has 0 spiro atoms. The third-order valence-corrected chi connectivity index (χ3v) is 10.0. The van der Waals surface area contributed by atoms with Gasteiger partial charge in [-0.1, -0.05) is 152 Å². The minimum atomic E-state index is -0.0158. The Balaban J connectivity index is 2.22. The van der Waals surface area contributed by atoms with Gasteiger partial charge in [0, 0.05) is 25.7 Å². The molecular weight excluding hydrogens is 587 g/mol. The van der Waals surface area contributed by atoms with Crippen LogP contribution >= 0.6 is 0 Å². The Hall–Kier alpha value is -1.65. The lowest BCUT2D eigenvalue weighted by molar-refractivity contribution is -0.128. The molecule has 48 heavy (non-hydrogen) atoms. The van der Waals surface area contributed by atoms with Crippen LogP contribution in [0.1, 0.15) is 181 Å². The van der Waals surface area contributed by atoms with Gasteiger partial charge >= 0.3 is 0 Å². The smallest absolute Gasteiger partial charge is 0.238 e. The summed E-state index contributed by atoms with van der Waals surface area (Å²) in [5.74, 6) is 0.245. The number of nitrogens with zero attached hydrogens (tertiary/aromatic N) is 2. The average molecular weight is 668 g/mol. The van der Waals surface area contributed by atoms with Crippen LogP contribution in [0.5, 0.6) is 0 Å². The van der Waals surface area contributed by atoms with E-state index < -0.39 is 0 Å². The lowest BCUT2D eigenvalue weighted by Crippen LogP contribution is -2.57. The molecule has 0 aromatic carbocycles. The number of hydrogen-bond donors (Lipinski definition) is 1. The summed E-state index contributed by atoms with van der Waals surface area (Å²) in [4.78, 5) is 17.8.